The molecule has 1 rings (SSSR count). The van der Waals surface area contributed by atoms with Gasteiger partial charge in [-0.2, -0.15) is 11.3 Å². The van der Waals surface area contributed by atoms with Crippen LogP contribution in [0, 0.1) is 0 Å². The van der Waals surface area contributed by atoms with Crippen molar-refractivity contribution in [1.82, 2.24) is 5.48 Å². The maximum atomic E-state index is 11.2. The van der Waals surface area contributed by atoms with Crippen molar-refractivity contribution in [2.75, 3.05) is 20.3 Å². The van der Waals surface area contributed by atoms with Crippen molar-refractivity contribution in [2.24, 2.45) is 0 Å². The molecule has 1 aromatic rings. The van der Waals surface area contributed by atoms with Gasteiger partial charge in [-0.1, -0.05) is 0 Å². The minimum Gasteiger partial charge on any atom is -0.382 e. The molecule has 0 bridgehead atoms. The van der Waals surface area contributed by atoms with Crippen LogP contribution >= 0.6 is 11.3 Å². The Kier molecular flexibility index (Phi) is 4.45. The predicted molar refractivity (Wildman–Crippen MR) is 49.6 cm³/mol. The standard InChI is InChI=1S/C8H11NO3S/c1-11-3-4-12-9-8(10)7-2-5-13-6-7/h2,5-6H,3-4H2,1H3,(H,9,10). The molecule has 0 saturated heterocycles. The summed E-state index contributed by atoms with van der Waals surface area (Å²) in [5, 5.41) is 3.60. The lowest BCUT2D eigenvalue weighted by Crippen LogP contribution is -2.24. The van der Waals surface area contributed by atoms with Crippen molar-refractivity contribution in [2.45, 2.75) is 0 Å². The maximum absolute atomic E-state index is 11.2. The minimum atomic E-state index is -0.225. The van der Waals surface area contributed by atoms with E-state index in [1.165, 1.54) is 11.3 Å². The first-order valence-corrected chi connectivity index (χ1v) is 4.72. The number of amides is 1. The molecule has 0 aliphatic rings. The summed E-state index contributed by atoms with van der Waals surface area (Å²) in [4.78, 5) is 16.0. The molecule has 1 N–H and O–H groups in total. The highest BCUT2D eigenvalue weighted by molar-refractivity contribution is 7.08. The third-order valence-corrected chi connectivity index (χ3v) is 2.02. The van der Waals surface area contributed by atoms with E-state index in [1.54, 1.807) is 18.6 Å². The van der Waals surface area contributed by atoms with Crippen LogP contribution in [0.15, 0.2) is 16.8 Å². The largest absolute Gasteiger partial charge is 0.382 e. The molecule has 0 unspecified atom stereocenters. The summed E-state index contributed by atoms with van der Waals surface area (Å²) in [6, 6.07) is 1.74. The molecule has 1 heterocycles. The molecular weight excluding hydrogens is 190 g/mol. The van der Waals surface area contributed by atoms with Crippen molar-refractivity contribution in [3.8, 4) is 0 Å². The highest BCUT2D eigenvalue weighted by Gasteiger charge is 2.03. The predicted octanol–water partition coefficient (Wildman–Crippen LogP) is 1.06. The Hall–Kier alpha value is -0.910. The molecule has 13 heavy (non-hydrogen) atoms. The first kappa shape index (κ1) is 10.2. The molecule has 0 saturated carbocycles. The molecule has 0 aliphatic carbocycles. The van der Waals surface area contributed by atoms with Crippen molar-refractivity contribution >= 4 is 17.2 Å². The van der Waals surface area contributed by atoms with Crippen LogP contribution in [0.1, 0.15) is 10.4 Å². The van der Waals surface area contributed by atoms with E-state index in [0.717, 1.165) is 0 Å². The normalized spacial score (nSPS) is 9.92. The number of nitrogens with one attached hydrogen (secondary N) is 1. The van der Waals surface area contributed by atoms with Crippen LogP contribution < -0.4 is 5.48 Å². The second kappa shape index (κ2) is 5.69. The summed E-state index contributed by atoms with van der Waals surface area (Å²) in [6.45, 7) is 0.816. The summed E-state index contributed by atoms with van der Waals surface area (Å²) in [5.41, 5.74) is 2.92. The Bertz CT molecular complexity index is 248. The van der Waals surface area contributed by atoms with Gasteiger partial charge in [0.1, 0.15) is 0 Å². The number of carbonyl (C=O) groups is 1. The van der Waals surface area contributed by atoms with E-state index < -0.39 is 0 Å². The van der Waals surface area contributed by atoms with Gasteiger partial charge in [0.05, 0.1) is 18.8 Å². The van der Waals surface area contributed by atoms with Crippen molar-refractivity contribution in [1.29, 1.82) is 0 Å². The molecule has 72 valence electrons. The van der Waals surface area contributed by atoms with Crippen LogP contribution in [-0.4, -0.2) is 26.2 Å². The fraction of sp³-hybridized carbons (Fsp3) is 0.375. The SMILES string of the molecule is COCCONC(=O)c1ccsc1. The summed E-state index contributed by atoms with van der Waals surface area (Å²) >= 11 is 1.47. The molecule has 0 radical (unpaired) electrons. The van der Waals surface area contributed by atoms with Gasteiger partial charge < -0.3 is 4.74 Å². The van der Waals surface area contributed by atoms with Crippen molar-refractivity contribution in [3.05, 3.63) is 22.4 Å². The average molecular weight is 201 g/mol. The van der Waals surface area contributed by atoms with Crippen molar-refractivity contribution < 1.29 is 14.4 Å². The summed E-state index contributed by atoms with van der Waals surface area (Å²) < 4.78 is 4.74. The van der Waals surface area contributed by atoms with Crippen molar-refractivity contribution in [3.63, 3.8) is 0 Å². The fourth-order valence-corrected chi connectivity index (χ4v) is 1.33. The van der Waals surface area contributed by atoms with Gasteiger partial charge in [0.25, 0.3) is 5.91 Å². The van der Waals surface area contributed by atoms with Crippen LogP contribution in [0.25, 0.3) is 0 Å². The van der Waals surface area contributed by atoms with E-state index in [1.807, 2.05) is 5.38 Å². The minimum absolute atomic E-state index is 0.225. The molecular formula is C8H11NO3S. The molecule has 4 nitrogen and oxygen atoms in total. The van der Waals surface area contributed by atoms with E-state index in [-0.39, 0.29) is 5.91 Å². The van der Waals surface area contributed by atoms with Gasteiger partial charge in [-0.15, -0.1) is 0 Å². The molecule has 1 aromatic heterocycles. The van der Waals surface area contributed by atoms with Gasteiger partial charge in [-0.25, -0.2) is 5.48 Å². The zero-order valence-corrected chi connectivity index (χ0v) is 8.10. The molecule has 0 aliphatic heterocycles. The second-order valence-electron chi connectivity index (χ2n) is 2.28. The van der Waals surface area contributed by atoms with Gasteiger partial charge >= 0.3 is 0 Å². The summed E-state index contributed by atoms with van der Waals surface area (Å²) in [6.07, 6.45) is 0. The smallest absolute Gasteiger partial charge is 0.275 e. The van der Waals surface area contributed by atoms with E-state index in [4.69, 9.17) is 9.57 Å². The summed E-state index contributed by atoms with van der Waals surface area (Å²) in [5.74, 6) is -0.225. The topological polar surface area (TPSA) is 47.6 Å². The first-order chi connectivity index (χ1) is 6.34. The van der Waals surface area contributed by atoms with E-state index in [9.17, 15) is 4.79 Å². The molecule has 1 amide bonds. The van der Waals surface area contributed by atoms with Gasteiger partial charge in [0.15, 0.2) is 0 Å². The van der Waals surface area contributed by atoms with E-state index in [2.05, 4.69) is 5.48 Å². The molecule has 0 aromatic carbocycles. The van der Waals surface area contributed by atoms with Crippen LogP contribution in [-0.2, 0) is 9.57 Å². The monoisotopic (exact) mass is 201 g/mol. The fourth-order valence-electron chi connectivity index (χ4n) is 0.694. The van der Waals surface area contributed by atoms with Crippen LogP contribution in [0.4, 0.5) is 0 Å². The highest BCUT2D eigenvalue weighted by atomic mass is 32.1. The zero-order chi connectivity index (χ0) is 9.52. The molecule has 0 spiro atoms. The third kappa shape index (κ3) is 3.54. The Morgan fingerprint density at radius 2 is 2.46 bits per heavy atom. The highest BCUT2D eigenvalue weighted by Crippen LogP contribution is 2.04. The first-order valence-electron chi connectivity index (χ1n) is 3.78. The Morgan fingerprint density at radius 1 is 1.62 bits per heavy atom. The quantitative estimate of drug-likeness (QED) is 0.572. The van der Waals surface area contributed by atoms with Crippen LogP contribution in [0.2, 0.25) is 0 Å². The maximum Gasteiger partial charge on any atom is 0.275 e. The van der Waals surface area contributed by atoms with Crippen LogP contribution in [0.3, 0.4) is 0 Å². The number of methoxy groups -OCH3 is 1. The van der Waals surface area contributed by atoms with Gasteiger partial charge in [0.2, 0.25) is 0 Å². The average Bonchev–Trinajstić information content (AvgIpc) is 2.65. The lowest BCUT2D eigenvalue weighted by Gasteiger charge is -2.03. The zero-order valence-electron chi connectivity index (χ0n) is 7.28. The molecule has 0 fully saturated rings. The van der Waals surface area contributed by atoms with Gasteiger partial charge in [0, 0.05) is 12.5 Å². The number of hydrogen-bond donors (Lipinski definition) is 1. The Balaban J connectivity index is 2.19. The van der Waals surface area contributed by atoms with Crippen LogP contribution in [0.5, 0.6) is 0 Å². The van der Waals surface area contributed by atoms with E-state index in [0.29, 0.717) is 18.8 Å². The van der Waals surface area contributed by atoms with Gasteiger partial charge in [-0.3, -0.25) is 9.63 Å². The summed E-state index contributed by atoms with van der Waals surface area (Å²) in [7, 11) is 1.57. The number of ether oxygens (including phenoxy) is 1. The van der Waals surface area contributed by atoms with Gasteiger partial charge in [-0.05, 0) is 11.4 Å². The molecule has 0 atom stereocenters. The number of rotatable bonds is 5. The third-order valence-electron chi connectivity index (χ3n) is 1.34. The number of thiophene rings is 1. The Morgan fingerprint density at radius 3 is 3.08 bits per heavy atom. The Labute approximate surface area is 80.4 Å². The number of hydrogen-bond acceptors (Lipinski definition) is 4. The van der Waals surface area contributed by atoms with E-state index >= 15 is 0 Å². The lowest BCUT2D eigenvalue weighted by atomic mass is 10.3. The number of hydroxylamine groups is 1. The second-order valence-corrected chi connectivity index (χ2v) is 3.06. The number of carbonyl (C=O) groups excluding carboxylic acids is 1. The molecule has 5 heteroatoms. The lowest BCUT2D eigenvalue weighted by molar-refractivity contribution is 0.00892.